The van der Waals surface area contributed by atoms with Gasteiger partial charge in [-0.15, -0.1) is 0 Å². The first kappa shape index (κ1) is 19.2. The molecule has 1 aliphatic heterocycles. The molecule has 0 atom stereocenters. The molecule has 0 saturated carbocycles. The Labute approximate surface area is 166 Å². The molecule has 2 aromatic carbocycles. The van der Waals surface area contributed by atoms with Crippen LogP contribution in [0.3, 0.4) is 0 Å². The second-order valence-corrected chi connectivity index (χ2v) is 6.90. The number of anilines is 2. The van der Waals surface area contributed by atoms with E-state index in [1.165, 1.54) is 17.1 Å². The van der Waals surface area contributed by atoms with Crippen molar-refractivity contribution in [3.8, 4) is 0 Å². The van der Waals surface area contributed by atoms with Gasteiger partial charge in [-0.05, 0) is 17.7 Å². The summed E-state index contributed by atoms with van der Waals surface area (Å²) in [5.74, 6) is -0.504. The fourth-order valence-corrected chi connectivity index (χ4v) is 3.19. The van der Waals surface area contributed by atoms with Gasteiger partial charge in [0.2, 0.25) is 11.8 Å². The highest BCUT2D eigenvalue weighted by Gasteiger charge is 2.22. The summed E-state index contributed by atoms with van der Waals surface area (Å²) in [6.45, 7) is 0.522. The average molecular weight is 405 g/mol. The van der Waals surface area contributed by atoms with Crippen molar-refractivity contribution in [3.63, 3.8) is 0 Å². The van der Waals surface area contributed by atoms with E-state index >= 15 is 0 Å². The Morgan fingerprint density at radius 2 is 1.78 bits per heavy atom. The number of nitrogens with zero attached hydrogens (tertiary/aromatic N) is 2. The molecule has 0 aliphatic carbocycles. The third-order valence-electron chi connectivity index (χ3n) is 4.13. The average Bonchev–Trinajstić information content (AvgIpc) is 3.15. The lowest BCUT2D eigenvalue weighted by molar-refractivity contribution is -0.132. The topological polar surface area (TPSA) is 87.8 Å². The van der Waals surface area contributed by atoms with E-state index < -0.39 is 0 Å². The number of hydrogen-bond donors (Lipinski definition) is 2. The number of rotatable bonds is 5. The van der Waals surface area contributed by atoms with E-state index in [0.29, 0.717) is 18.7 Å². The normalized spacial score (nSPS) is 13.4. The van der Waals surface area contributed by atoms with Gasteiger partial charge >= 0.3 is 0 Å². The maximum Gasteiger partial charge on any atom is 0.243 e. The minimum Gasteiger partial charge on any atom is -0.396 e. The minimum atomic E-state index is -0.313. The van der Waals surface area contributed by atoms with Crippen molar-refractivity contribution in [2.45, 2.75) is 19.3 Å². The van der Waals surface area contributed by atoms with E-state index in [0.717, 1.165) is 11.3 Å². The third kappa shape index (κ3) is 4.78. The number of amides is 2. The highest BCUT2D eigenvalue weighted by atomic mass is 35.5. The molecule has 140 valence electrons. The third-order valence-corrected chi connectivity index (χ3v) is 4.75. The Balaban J connectivity index is 1.53. The molecule has 3 rings (SSSR count). The van der Waals surface area contributed by atoms with Crippen LogP contribution in [0.1, 0.15) is 24.8 Å². The van der Waals surface area contributed by atoms with Gasteiger partial charge in [0.1, 0.15) is 0 Å². The zero-order chi connectivity index (χ0) is 19.4. The van der Waals surface area contributed by atoms with Gasteiger partial charge in [-0.1, -0.05) is 53.5 Å². The number of nitrogens with two attached hydrogens (primary N) is 1. The van der Waals surface area contributed by atoms with Crippen molar-refractivity contribution in [1.29, 1.82) is 0 Å². The minimum absolute atomic E-state index is 0.0329. The van der Waals surface area contributed by atoms with Gasteiger partial charge in [0.15, 0.2) is 0 Å². The molecule has 2 aromatic rings. The van der Waals surface area contributed by atoms with Gasteiger partial charge in [-0.3, -0.25) is 9.59 Å². The largest absolute Gasteiger partial charge is 0.396 e. The van der Waals surface area contributed by atoms with Crippen LogP contribution in [0.25, 0.3) is 0 Å². The number of hydrazone groups is 1. The quantitative estimate of drug-likeness (QED) is 0.739. The van der Waals surface area contributed by atoms with Gasteiger partial charge in [0.05, 0.1) is 28.0 Å². The first-order valence-corrected chi connectivity index (χ1v) is 9.17. The van der Waals surface area contributed by atoms with Crippen LogP contribution in [-0.2, 0) is 9.59 Å². The van der Waals surface area contributed by atoms with E-state index in [1.807, 2.05) is 30.3 Å². The summed E-state index contributed by atoms with van der Waals surface area (Å²) < 4.78 is 0. The lowest BCUT2D eigenvalue weighted by atomic mass is 10.1. The molecule has 0 radical (unpaired) electrons. The number of nitrogen functional groups attached to an aromatic ring is 1. The first-order valence-electron chi connectivity index (χ1n) is 8.41. The second-order valence-electron chi connectivity index (χ2n) is 6.08. The van der Waals surface area contributed by atoms with Crippen molar-refractivity contribution >= 4 is 52.1 Å². The number of hydrogen-bond acceptors (Lipinski definition) is 4. The van der Waals surface area contributed by atoms with Gasteiger partial charge in [0, 0.05) is 24.9 Å². The number of carbonyl (C=O) groups is 2. The van der Waals surface area contributed by atoms with E-state index in [1.54, 1.807) is 0 Å². The molecule has 6 nitrogen and oxygen atoms in total. The lowest BCUT2D eigenvalue weighted by Gasteiger charge is -2.12. The predicted octanol–water partition coefficient (Wildman–Crippen LogP) is 3.93. The highest BCUT2D eigenvalue weighted by Crippen LogP contribution is 2.31. The number of nitrogens with one attached hydrogen (secondary N) is 1. The Hall–Kier alpha value is -2.57. The zero-order valence-electron chi connectivity index (χ0n) is 14.4. The molecule has 0 unspecified atom stereocenters. The molecule has 1 aliphatic rings. The molecule has 0 fully saturated rings. The van der Waals surface area contributed by atoms with Crippen molar-refractivity contribution in [2.24, 2.45) is 5.10 Å². The number of benzene rings is 2. The molecule has 3 N–H and O–H groups in total. The predicted molar refractivity (Wildman–Crippen MR) is 108 cm³/mol. The van der Waals surface area contributed by atoms with E-state index in [9.17, 15) is 9.59 Å². The van der Waals surface area contributed by atoms with E-state index in [-0.39, 0.29) is 40.4 Å². The summed E-state index contributed by atoms with van der Waals surface area (Å²) in [6, 6.07) is 12.7. The van der Waals surface area contributed by atoms with Gasteiger partial charge in [0.25, 0.3) is 0 Å². The second kappa shape index (κ2) is 8.41. The van der Waals surface area contributed by atoms with E-state index in [4.69, 9.17) is 28.9 Å². The Morgan fingerprint density at radius 3 is 2.44 bits per heavy atom. The Kier molecular flexibility index (Phi) is 5.98. The van der Waals surface area contributed by atoms with Gasteiger partial charge in [-0.2, -0.15) is 5.10 Å². The summed E-state index contributed by atoms with van der Waals surface area (Å²) in [6.07, 6.45) is 0.795. The van der Waals surface area contributed by atoms with E-state index in [2.05, 4.69) is 10.4 Å². The van der Waals surface area contributed by atoms with Crippen LogP contribution < -0.4 is 11.1 Å². The van der Waals surface area contributed by atoms with Crippen molar-refractivity contribution < 1.29 is 9.59 Å². The highest BCUT2D eigenvalue weighted by molar-refractivity contribution is 6.39. The molecule has 2 amide bonds. The van der Waals surface area contributed by atoms with Crippen molar-refractivity contribution in [2.75, 3.05) is 17.6 Å². The van der Waals surface area contributed by atoms with Crippen molar-refractivity contribution in [1.82, 2.24) is 5.01 Å². The molecule has 27 heavy (non-hydrogen) atoms. The first-order chi connectivity index (χ1) is 12.9. The van der Waals surface area contributed by atoms with Crippen LogP contribution in [0, 0.1) is 0 Å². The molecule has 0 spiro atoms. The fraction of sp³-hybridized carbons (Fsp3) is 0.211. The standard InChI is InChI=1S/C19H18Cl2N4O2/c20-14-10-13(11-15(21)19(14)22)23-17(26)6-7-18(27)25-9-8-16(24-25)12-4-2-1-3-5-12/h1-5,10-11H,6-9,22H2,(H,23,26). The molecular formula is C19H18Cl2N4O2. The van der Waals surface area contributed by atoms with Crippen LogP contribution >= 0.6 is 23.2 Å². The summed E-state index contributed by atoms with van der Waals surface area (Å²) in [5.41, 5.74) is 8.23. The van der Waals surface area contributed by atoms with Crippen LogP contribution in [0.5, 0.6) is 0 Å². The Morgan fingerprint density at radius 1 is 1.11 bits per heavy atom. The summed E-state index contributed by atoms with van der Waals surface area (Å²) >= 11 is 11.9. The molecular weight excluding hydrogens is 387 g/mol. The zero-order valence-corrected chi connectivity index (χ0v) is 15.9. The number of halogens is 2. The maximum atomic E-state index is 12.3. The maximum absolute atomic E-state index is 12.3. The van der Waals surface area contributed by atoms with Gasteiger partial charge in [-0.25, -0.2) is 5.01 Å². The van der Waals surface area contributed by atoms with Crippen LogP contribution in [0.15, 0.2) is 47.6 Å². The lowest BCUT2D eigenvalue weighted by Crippen LogP contribution is -2.25. The van der Waals surface area contributed by atoms with Crippen molar-refractivity contribution in [3.05, 3.63) is 58.1 Å². The summed E-state index contributed by atoms with van der Waals surface area (Å²) in [4.78, 5) is 24.4. The molecule has 1 heterocycles. The summed E-state index contributed by atoms with van der Waals surface area (Å²) in [7, 11) is 0. The summed E-state index contributed by atoms with van der Waals surface area (Å²) in [5, 5.41) is 8.97. The monoisotopic (exact) mass is 404 g/mol. The molecule has 0 saturated heterocycles. The Bertz CT molecular complexity index is 877. The van der Waals surface area contributed by atoms with Crippen LogP contribution in [-0.4, -0.2) is 29.1 Å². The van der Waals surface area contributed by atoms with Crippen LogP contribution in [0.2, 0.25) is 10.0 Å². The SMILES string of the molecule is Nc1c(Cl)cc(NC(=O)CCC(=O)N2CCC(c3ccccc3)=N2)cc1Cl. The smallest absolute Gasteiger partial charge is 0.243 e. The molecule has 8 heteroatoms. The van der Waals surface area contributed by atoms with Gasteiger partial charge < -0.3 is 11.1 Å². The fourth-order valence-electron chi connectivity index (χ4n) is 2.70. The molecule has 0 aromatic heterocycles. The van der Waals surface area contributed by atoms with Crippen LogP contribution in [0.4, 0.5) is 11.4 Å². The molecule has 0 bridgehead atoms. The number of carbonyl (C=O) groups excluding carboxylic acids is 2.